The molecule has 6 nitrogen and oxygen atoms in total. The van der Waals surface area contributed by atoms with E-state index in [-0.39, 0.29) is 12.3 Å². The van der Waals surface area contributed by atoms with Gasteiger partial charge in [0, 0.05) is 39.4 Å². The monoisotopic (exact) mass is 437 g/mol. The molecule has 146 valence electrons. The molecule has 2 rings (SSSR count). The third-order valence-electron chi connectivity index (χ3n) is 3.76. The first kappa shape index (κ1) is 21.5. The second kappa shape index (κ2) is 8.47. The van der Waals surface area contributed by atoms with Crippen LogP contribution in [0.25, 0.3) is 11.0 Å². The SMILES string of the molecule is C[Si](C)(C)CCOCn1cc(Cl)c2c(NCCS(C)(=O)=O)cc(Cl)nc21. The van der Waals surface area contributed by atoms with Gasteiger partial charge in [-0.3, -0.25) is 0 Å². The summed E-state index contributed by atoms with van der Waals surface area (Å²) in [5.41, 5.74) is 1.27. The van der Waals surface area contributed by atoms with Gasteiger partial charge in [0.2, 0.25) is 0 Å². The first-order valence-electron chi connectivity index (χ1n) is 8.30. The summed E-state index contributed by atoms with van der Waals surface area (Å²) in [5.74, 6) is 0.0204. The molecule has 26 heavy (non-hydrogen) atoms. The number of sulfone groups is 1. The first-order chi connectivity index (χ1) is 12.0. The zero-order valence-electron chi connectivity index (χ0n) is 15.5. The minimum atomic E-state index is -3.06. The summed E-state index contributed by atoms with van der Waals surface area (Å²) in [4.78, 5) is 4.36. The number of hydrogen-bond acceptors (Lipinski definition) is 5. The van der Waals surface area contributed by atoms with Gasteiger partial charge in [0.05, 0.1) is 16.2 Å². The number of fused-ring (bicyclic) bond motifs is 1. The molecule has 0 unspecified atom stereocenters. The van der Waals surface area contributed by atoms with Crippen LogP contribution in [0.4, 0.5) is 5.69 Å². The summed E-state index contributed by atoms with van der Waals surface area (Å²) in [6.45, 7) is 8.19. The highest BCUT2D eigenvalue weighted by Crippen LogP contribution is 2.33. The number of hydrogen-bond donors (Lipinski definition) is 1. The van der Waals surface area contributed by atoms with Crippen molar-refractivity contribution >= 4 is 57.8 Å². The van der Waals surface area contributed by atoms with E-state index in [1.54, 1.807) is 12.3 Å². The number of rotatable bonds is 9. The molecule has 0 aliphatic rings. The van der Waals surface area contributed by atoms with E-state index in [1.807, 2.05) is 4.57 Å². The Labute approximate surface area is 165 Å². The molecule has 0 aromatic carbocycles. The number of anilines is 1. The molecule has 0 aliphatic heterocycles. The van der Waals surface area contributed by atoms with E-state index in [0.29, 0.717) is 40.2 Å². The lowest BCUT2D eigenvalue weighted by Gasteiger charge is -2.15. The molecule has 0 saturated heterocycles. The summed E-state index contributed by atoms with van der Waals surface area (Å²) in [5, 5.41) is 4.61. The topological polar surface area (TPSA) is 73.2 Å². The predicted molar refractivity (Wildman–Crippen MR) is 112 cm³/mol. The highest BCUT2D eigenvalue weighted by Gasteiger charge is 2.16. The molecule has 2 aromatic rings. The van der Waals surface area contributed by atoms with Crippen molar-refractivity contribution in [2.75, 3.05) is 30.5 Å². The fourth-order valence-electron chi connectivity index (χ4n) is 2.36. The Morgan fingerprint density at radius 3 is 2.62 bits per heavy atom. The minimum Gasteiger partial charge on any atom is -0.383 e. The van der Waals surface area contributed by atoms with Gasteiger partial charge in [0.15, 0.2) is 0 Å². The summed E-state index contributed by atoms with van der Waals surface area (Å²) in [6.07, 6.45) is 2.96. The Bertz CT molecular complexity index is 879. The zero-order valence-corrected chi connectivity index (χ0v) is 18.8. The molecular formula is C16H25Cl2N3O3SSi. The van der Waals surface area contributed by atoms with Crippen LogP contribution < -0.4 is 5.32 Å². The maximum absolute atomic E-state index is 11.3. The smallest absolute Gasteiger partial charge is 0.149 e. The number of pyridine rings is 1. The standard InChI is InChI=1S/C16H25Cl2N3O3SSi/c1-25(22,23)7-5-19-13-9-14(18)20-16-15(13)12(17)10-21(16)11-24-6-8-26(2,3)4/h9-10H,5-8,11H2,1-4H3,(H,19,20). The number of nitrogens with zero attached hydrogens (tertiary/aromatic N) is 2. The Morgan fingerprint density at radius 1 is 1.31 bits per heavy atom. The average Bonchev–Trinajstić information content (AvgIpc) is 2.77. The lowest BCUT2D eigenvalue weighted by atomic mass is 10.3. The molecule has 0 fully saturated rings. The van der Waals surface area contributed by atoms with Crippen molar-refractivity contribution in [1.29, 1.82) is 0 Å². The van der Waals surface area contributed by atoms with Crippen LogP contribution in [0.2, 0.25) is 35.9 Å². The predicted octanol–water partition coefficient (Wildman–Crippen LogP) is 4.11. The average molecular weight is 438 g/mol. The zero-order chi connectivity index (χ0) is 19.5. The largest absolute Gasteiger partial charge is 0.383 e. The van der Waals surface area contributed by atoms with Crippen LogP contribution in [0, 0.1) is 0 Å². The summed E-state index contributed by atoms with van der Waals surface area (Å²) in [7, 11) is -4.20. The van der Waals surface area contributed by atoms with Crippen molar-refractivity contribution in [3.8, 4) is 0 Å². The molecule has 10 heteroatoms. The van der Waals surface area contributed by atoms with Crippen molar-refractivity contribution in [3.63, 3.8) is 0 Å². The van der Waals surface area contributed by atoms with Gasteiger partial charge >= 0.3 is 0 Å². The lowest BCUT2D eigenvalue weighted by molar-refractivity contribution is 0.0899. The van der Waals surface area contributed by atoms with Crippen LogP contribution >= 0.6 is 23.2 Å². The quantitative estimate of drug-likeness (QED) is 0.362. The number of nitrogens with one attached hydrogen (secondary N) is 1. The Balaban J connectivity index is 2.18. The van der Waals surface area contributed by atoms with Crippen molar-refractivity contribution in [3.05, 3.63) is 22.4 Å². The van der Waals surface area contributed by atoms with Crippen molar-refractivity contribution in [2.45, 2.75) is 32.4 Å². The van der Waals surface area contributed by atoms with E-state index < -0.39 is 17.9 Å². The minimum absolute atomic E-state index is 0.0204. The molecule has 0 atom stereocenters. The van der Waals surface area contributed by atoms with Crippen LogP contribution in [-0.4, -0.2) is 51.2 Å². The second-order valence-corrected chi connectivity index (χ2v) is 16.2. The van der Waals surface area contributed by atoms with Crippen molar-refractivity contribution in [1.82, 2.24) is 9.55 Å². The Kier molecular flexibility index (Phi) is 7.01. The molecule has 0 radical (unpaired) electrons. The van der Waals surface area contributed by atoms with E-state index in [1.165, 1.54) is 6.26 Å². The van der Waals surface area contributed by atoms with Gasteiger partial charge in [0.1, 0.15) is 27.4 Å². The van der Waals surface area contributed by atoms with Gasteiger partial charge in [-0.1, -0.05) is 42.8 Å². The third kappa shape index (κ3) is 6.42. The summed E-state index contributed by atoms with van der Waals surface area (Å²) in [6, 6.07) is 2.72. The molecule has 1 N–H and O–H groups in total. The molecule has 2 heterocycles. The fraction of sp³-hybridized carbons (Fsp3) is 0.562. The number of aromatic nitrogens is 2. The first-order valence-corrected chi connectivity index (χ1v) is 14.8. The van der Waals surface area contributed by atoms with Gasteiger partial charge < -0.3 is 14.6 Å². The number of ether oxygens (including phenoxy) is 1. The van der Waals surface area contributed by atoms with Crippen LogP contribution in [0.15, 0.2) is 12.3 Å². The molecule has 0 aliphatic carbocycles. The Morgan fingerprint density at radius 2 is 2.00 bits per heavy atom. The van der Waals surface area contributed by atoms with E-state index in [9.17, 15) is 8.42 Å². The third-order valence-corrected chi connectivity index (χ3v) is 6.89. The molecular weight excluding hydrogens is 413 g/mol. The van der Waals surface area contributed by atoms with Crippen LogP contribution in [-0.2, 0) is 21.3 Å². The summed E-state index contributed by atoms with van der Waals surface area (Å²) >= 11 is 12.5. The van der Waals surface area contributed by atoms with Gasteiger partial charge in [-0.15, -0.1) is 0 Å². The highest BCUT2D eigenvalue weighted by atomic mass is 35.5. The van der Waals surface area contributed by atoms with Gasteiger partial charge in [-0.2, -0.15) is 0 Å². The van der Waals surface area contributed by atoms with Gasteiger partial charge in [-0.05, 0) is 12.1 Å². The Hall–Kier alpha value is -0.803. The van der Waals surface area contributed by atoms with Gasteiger partial charge in [0.25, 0.3) is 0 Å². The van der Waals surface area contributed by atoms with Crippen LogP contribution in [0.5, 0.6) is 0 Å². The van der Waals surface area contributed by atoms with E-state index >= 15 is 0 Å². The van der Waals surface area contributed by atoms with E-state index in [0.717, 1.165) is 6.04 Å². The maximum Gasteiger partial charge on any atom is 0.149 e. The van der Waals surface area contributed by atoms with Crippen molar-refractivity contribution < 1.29 is 13.2 Å². The normalized spacial score (nSPS) is 12.7. The van der Waals surface area contributed by atoms with E-state index in [4.69, 9.17) is 27.9 Å². The second-order valence-electron chi connectivity index (χ2n) is 7.54. The van der Waals surface area contributed by atoms with Crippen molar-refractivity contribution in [2.24, 2.45) is 0 Å². The molecule has 0 amide bonds. The maximum atomic E-state index is 11.3. The van der Waals surface area contributed by atoms with Gasteiger partial charge in [-0.25, -0.2) is 13.4 Å². The fourth-order valence-corrected chi connectivity index (χ4v) is 4.08. The number of halogens is 2. The lowest BCUT2D eigenvalue weighted by Crippen LogP contribution is -2.22. The molecule has 2 aromatic heterocycles. The van der Waals surface area contributed by atoms with E-state index in [2.05, 4.69) is 29.9 Å². The highest BCUT2D eigenvalue weighted by molar-refractivity contribution is 7.90. The molecule has 0 saturated carbocycles. The van der Waals surface area contributed by atoms with Crippen LogP contribution in [0.1, 0.15) is 0 Å². The summed E-state index contributed by atoms with van der Waals surface area (Å²) < 4.78 is 30.2. The van der Waals surface area contributed by atoms with Crippen LogP contribution in [0.3, 0.4) is 0 Å². The molecule has 0 bridgehead atoms. The molecule has 0 spiro atoms.